The van der Waals surface area contributed by atoms with Gasteiger partial charge in [0.2, 0.25) is 5.91 Å². The van der Waals surface area contributed by atoms with Gasteiger partial charge in [0.05, 0.1) is 5.92 Å². The molecule has 1 aromatic carbocycles. The molecule has 214 valence electrons. The minimum absolute atomic E-state index is 0.0229. The lowest BCUT2D eigenvalue weighted by Gasteiger charge is -2.36. The van der Waals surface area contributed by atoms with Crippen LogP contribution in [0.4, 0.5) is 0 Å². The van der Waals surface area contributed by atoms with Gasteiger partial charge in [-0.25, -0.2) is 0 Å². The first-order valence-corrected chi connectivity index (χ1v) is 15.2. The van der Waals surface area contributed by atoms with Gasteiger partial charge in [-0.3, -0.25) is 14.4 Å². The van der Waals surface area contributed by atoms with E-state index >= 15 is 0 Å². The summed E-state index contributed by atoms with van der Waals surface area (Å²) in [6.07, 6.45) is 16.8. The van der Waals surface area contributed by atoms with Gasteiger partial charge in [0.15, 0.2) is 0 Å². The lowest BCUT2D eigenvalue weighted by atomic mass is 9.76. The fourth-order valence-electron chi connectivity index (χ4n) is 5.37. The second-order valence-corrected chi connectivity index (χ2v) is 11.1. The minimum atomic E-state index is -1.42. The number of hydrogen-bond donors (Lipinski definition) is 1. The van der Waals surface area contributed by atoms with Crippen molar-refractivity contribution in [3.05, 3.63) is 35.9 Å². The van der Waals surface area contributed by atoms with Gasteiger partial charge in [-0.1, -0.05) is 134 Å². The van der Waals surface area contributed by atoms with Gasteiger partial charge in [-0.2, -0.15) is 0 Å². The van der Waals surface area contributed by atoms with E-state index in [9.17, 15) is 14.4 Å². The Bertz CT molecular complexity index is 826. The minimum Gasteiger partial charge on any atom is -0.461 e. The zero-order valence-corrected chi connectivity index (χ0v) is 23.9. The molecule has 1 saturated heterocycles. The molecule has 0 aromatic heterocycles. The van der Waals surface area contributed by atoms with Crippen LogP contribution in [0.2, 0.25) is 0 Å². The summed E-state index contributed by atoms with van der Waals surface area (Å²) in [7, 11) is 0. The van der Waals surface area contributed by atoms with Crippen molar-refractivity contribution < 1.29 is 23.9 Å². The summed E-state index contributed by atoms with van der Waals surface area (Å²) in [5.74, 6) is -1.71. The lowest BCUT2D eigenvalue weighted by molar-refractivity contribution is -0.196. The molecular formula is C32H51NO5. The highest BCUT2D eigenvalue weighted by Gasteiger charge is 2.48. The molecule has 38 heavy (non-hydrogen) atoms. The predicted octanol–water partition coefficient (Wildman–Crippen LogP) is 7.07. The molecule has 0 spiro atoms. The lowest BCUT2D eigenvalue weighted by Crippen LogP contribution is -2.51. The molecule has 6 nitrogen and oxygen atoms in total. The van der Waals surface area contributed by atoms with Gasteiger partial charge >= 0.3 is 11.9 Å². The number of benzene rings is 1. The van der Waals surface area contributed by atoms with Crippen LogP contribution in [0, 0.1) is 11.3 Å². The van der Waals surface area contributed by atoms with Crippen molar-refractivity contribution in [1.29, 1.82) is 0 Å². The van der Waals surface area contributed by atoms with E-state index in [0.717, 1.165) is 56.9 Å². The number of hydrogen-bond acceptors (Lipinski definition) is 5. The van der Waals surface area contributed by atoms with Crippen LogP contribution in [0.25, 0.3) is 0 Å². The molecule has 1 fully saturated rings. The van der Waals surface area contributed by atoms with Crippen LogP contribution in [0.15, 0.2) is 30.3 Å². The normalized spacial score (nSPS) is 18.3. The molecule has 2 N–H and O–H groups in total. The number of amides is 1. The zero-order valence-electron chi connectivity index (χ0n) is 23.9. The van der Waals surface area contributed by atoms with E-state index < -0.39 is 23.4 Å². The van der Waals surface area contributed by atoms with E-state index in [1.807, 2.05) is 30.3 Å². The van der Waals surface area contributed by atoms with Gasteiger partial charge in [-0.05, 0) is 24.8 Å². The van der Waals surface area contributed by atoms with Crippen molar-refractivity contribution in [1.82, 2.24) is 0 Å². The van der Waals surface area contributed by atoms with Gasteiger partial charge < -0.3 is 15.2 Å². The van der Waals surface area contributed by atoms with Crippen LogP contribution in [-0.4, -0.2) is 30.6 Å². The topological polar surface area (TPSA) is 95.7 Å². The number of rotatable bonds is 22. The highest BCUT2D eigenvalue weighted by Crippen LogP contribution is 2.34. The smallest absolute Gasteiger partial charge is 0.322 e. The maximum absolute atomic E-state index is 13.5. The first-order chi connectivity index (χ1) is 18.4. The quantitative estimate of drug-likeness (QED) is 0.0985. The average Bonchev–Trinajstić information content (AvgIpc) is 2.91. The van der Waals surface area contributed by atoms with Crippen LogP contribution >= 0.6 is 0 Å². The summed E-state index contributed by atoms with van der Waals surface area (Å²) in [6.45, 7) is 4.36. The van der Waals surface area contributed by atoms with Crippen LogP contribution in [0.1, 0.15) is 122 Å². The molecule has 1 heterocycles. The standard InChI is InChI=1S/C32H51NO5/c1-3-5-7-9-10-11-12-13-14-19-23-32(30(33)35,24-26-20-16-15-17-21-26)31(36)37-25-28-27(29(34)38-28)22-18-8-6-4-2/h15-17,20-21,27-28H,3-14,18-19,22-25H2,1-2H3,(H2,33,35)/t27-,28+,32-/m0/s1. The van der Waals surface area contributed by atoms with Crippen LogP contribution < -0.4 is 5.73 Å². The molecule has 0 radical (unpaired) electrons. The first-order valence-electron chi connectivity index (χ1n) is 15.2. The Labute approximate surface area is 230 Å². The maximum atomic E-state index is 13.5. The van der Waals surface area contributed by atoms with Crippen molar-refractivity contribution in [3.63, 3.8) is 0 Å². The molecule has 1 aromatic rings. The van der Waals surface area contributed by atoms with E-state index in [2.05, 4.69) is 13.8 Å². The van der Waals surface area contributed by atoms with Gasteiger partial charge in [-0.15, -0.1) is 0 Å². The summed E-state index contributed by atoms with van der Waals surface area (Å²) in [6, 6.07) is 9.50. The third-order valence-corrected chi connectivity index (χ3v) is 7.93. The van der Waals surface area contributed by atoms with Crippen LogP contribution in [-0.2, 0) is 30.3 Å². The molecule has 6 heteroatoms. The molecule has 3 atom stereocenters. The fraction of sp³-hybridized carbons (Fsp3) is 0.719. The van der Waals surface area contributed by atoms with Gasteiger partial charge in [0.25, 0.3) is 0 Å². The molecule has 1 aliphatic heterocycles. The highest BCUT2D eigenvalue weighted by molar-refractivity contribution is 6.02. The average molecular weight is 530 g/mol. The summed E-state index contributed by atoms with van der Waals surface area (Å²) < 4.78 is 11.0. The zero-order chi connectivity index (χ0) is 27.6. The van der Waals surface area contributed by atoms with E-state index in [4.69, 9.17) is 15.2 Å². The number of primary amides is 1. The molecule has 1 aliphatic rings. The monoisotopic (exact) mass is 529 g/mol. The number of esters is 2. The molecule has 2 rings (SSSR count). The van der Waals surface area contributed by atoms with E-state index in [1.165, 1.54) is 44.9 Å². The van der Waals surface area contributed by atoms with Crippen molar-refractivity contribution >= 4 is 17.8 Å². The number of carbonyl (C=O) groups is 3. The van der Waals surface area contributed by atoms with Crippen molar-refractivity contribution in [2.75, 3.05) is 6.61 Å². The van der Waals surface area contributed by atoms with Gasteiger partial charge in [0.1, 0.15) is 18.1 Å². The third kappa shape index (κ3) is 10.4. The van der Waals surface area contributed by atoms with Crippen molar-refractivity contribution in [2.24, 2.45) is 17.1 Å². The van der Waals surface area contributed by atoms with E-state index in [-0.39, 0.29) is 24.9 Å². The van der Waals surface area contributed by atoms with E-state index in [1.54, 1.807) is 0 Å². The Balaban J connectivity index is 1.92. The fourth-order valence-corrected chi connectivity index (χ4v) is 5.37. The molecule has 0 aliphatic carbocycles. The Morgan fingerprint density at radius 3 is 1.95 bits per heavy atom. The molecule has 1 amide bonds. The summed E-state index contributed by atoms with van der Waals surface area (Å²) in [5, 5.41) is 0. The molecule has 0 saturated carbocycles. The number of carbonyl (C=O) groups excluding carboxylic acids is 3. The highest BCUT2D eigenvalue weighted by atomic mass is 16.6. The summed E-state index contributed by atoms with van der Waals surface area (Å²) >= 11 is 0. The Morgan fingerprint density at radius 1 is 0.842 bits per heavy atom. The number of nitrogens with two attached hydrogens (primary N) is 1. The van der Waals surface area contributed by atoms with Crippen LogP contribution in [0.5, 0.6) is 0 Å². The SMILES string of the molecule is CCCCCCCCCCCC[C@](Cc1ccccc1)(C(N)=O)C(=O)OC[C@H]1OC(=O)[C@H]1CCCCCC. The molecular weight excluding hydrogens is 478 g/mol. The number of unbranched alkanes of at least 4 members (excludes halogenated alkanes) is 12. The number of cyclic esters (lactones) is 1. The van der Waals surface area contributed by atoms with Crippen molar-refractivity contribution in [2.45, 2.75) is 129 Å². The maximum Gasteiger partial charge on any atom is 0.322 e. The summed E-state index contributed by atoms with van der Waals surface area (Å²) in [5.41, 5.74) is 5.36. The first kappa shape index (κ1) is 31.8. The second kappa shape index (κ2) is 18.0. The largest absolute Gasteiger partial charge is 0.461 e. The van der Waals surface area contributed by atoms with Crippen LogP contribution in [0.3, 0.4) is 0 Å². The van der Waals surface area contributed by atoms with Gasteiger partial charge in [0, 0.05) is 0 Å². The Morgan fingerprint density at radius 2 is 1.39 bits per heavy atom. The Kier molecular flexibility index (Phi) is 15.1. The van der Waals surface area contributed by atoms with E-state index in [0.29, 0.717) is 6.42 Å². The predicted molar refractivity (Wildman–Crippen MR) is 151 cm³/mol. The number of ether oxygens (including phenoxy) is 2. The molecule has 0 bridgehead atoms. The second-order valence-electron chi connectivity index (χ2n) is 11.1. The third-order valence-electron chi connectivity index (χ3n) is 7.93. The van der Waals surface area contributed by atoms with Crippen molar-refractivity contribution in [3.8, 4) is 0 Å². The Hall–Kier alpha value is -2.37. The summed E-state index contributed by atoms with van der Waals surface area (Å²) in [4.78, 5) is 38.3. The molecule has 0 unspecified atom stereocenters.